The lowest BCUT2D eigenvalue weighted by Gasteiger charge is -2.24. The molecule has 1 atom stereocenters. The van der Waals surface area contributed by atoms with Gasteiger partial charge in [-0.05, 0) is 50.7 Å². The summed E-state index contributed by atoms with van der Waals surface area (Å²) in [6.45, 7) is 5.00. The van der Waals surface area contributed by atoms with Crippen LogP contribution in [0.25, 0.3) is 0 Å². The van der Waals surface area contributed by atoms with Gasteiger partial charge in [-0.2, -0.15) is 0 Å². The van der Waals surface area contributed by atoms with Crippen molar-refractivity contribution in [2.45, 2.75) is 25.3 Å². The predicted octanol–water partition coefficient (Wildman–Crippen LogP) is 2.20. The number of fused-ring (bicyclic) bond motifs is 1. The van der Waals surface area contributed by atoms with Crippen LogP contribution >= 0.6 is 0 Å². The molecule has 0 radical (unpaired) electrons. The van der Waals surface area contributed by atoms with Gasteiger partial charge in [-0.15, -0.1) is 0 Å². The Labute approximate surface area is 121 Å². The number of rotatable bonds is 4. The number of nitrogens with one attached hydrogen (secondary N) is 1. The summed E-state index contributed by atoms with van der Waals surface area (Å²) in [6, 6.07) is 6.69. The average molecular weight is 276 g/mol. The zero-order valence-corrected chi connectivity index (χ0v) is 12.2. The first-order valence-corrected chi connectivity index (χ1v) is 7.66. The van der Waals surface area contributed by atoms with Crippen molar-refractivity contribution in [1.82, 2.24) is 10.2 Å². The first kappa shape index (κ1) is 13.7. The fraction of sp³-hybridized carbons (Fsp3) is 0.625. The molecule has 20 heavy (non-hydrogen) atoms. The molecule has 2 heterocycles. The van der Waals surface area contributed by atoms with E-state index in [1.807, 2.05) is 13.1 Å². The summed E-state index contributed by atoms with van der Waals surface area (Å²) in [5.74, 6) is 1.77. The minimum atomic E-state index is 0.352. The highest BCUT2D eigenvalue weighted by Gasteiger charge is 2.19. The smallest absolute Gasteiger partial charge is 0.161 e. The van der Waals surface area contributed by atoms with Crippen LogP contribution in [0.1, 0.15) is 30.9 Å². The van der Waals surface area contributed by atoms with Crippen molar-refractivity contribution in [3.63, 3.8) is 0 Å². The second-order valence-electron chi connectivity index (χ2n) is 5.61. The fourth-order valence-electron chi connectivity index (χ4n) is 2.98. The van der Waals surface area contributed by atoms with Crippen molar-refractivity contribution in [2.24, 2.45) is 0 Å². The van der Waals surface area contributed by atoms with Crippen LogP contribution in [0.2, 0.25) is 0 Å². The molecule has 4 heteroatoms. The topological polar surface area (TPSA) is 33.7 Å². The maximum absolute atomic E-state index is 5.79. The Bertz CT molecular complexity index is 444. The van der Waals surface area contributed by atoms with Crippen molar-refractivity contribution < 1.29 is 9.47 Å². The maximum Gasteiger partial charge on any atom is 0.161 e. The van der Waals surface area contributed by atoms with Crippen LogP contribution in [0.15, 0.2) is 18.2 Å². The highest BCUT2D eigenvalue weighted by Crippen LogP contribution is 2.32. The van der Waals surface area contributed by atoms with Crippen LogP contribution in [-0.2, 0) is 0 Å². The first-order chi connectivity index (χ1) is 9.86. The summed E-state index contributed by atoms with van der Waals surface area (Å²) in [6.07, 6.45) is 3.61. The molecule has 4 nitrogen and oxygen atoms in total. The summed E-state index contributed by atoms with van der Waals surface area (Å²) in [5, 5.41) is 3.43. The zero-order valence-electron chi connectivity index (χ0n) is 12.2. The summed E-state index contributed by atoms with van der Waals surface area (Å²) in [4.78, 5) is 2.53. The number of ether oxygens (including phenoxy) is 2. The van der Waals surface area contributed by atoms with Gasteiger partial charge in [-0.1, -0.05) is 6.07 Å². The number of nitrogens with zero attached hydrogens (tertiary/aromatic N) is 1. The Morgan fingerprint density at radius 2 is 1.85 bits per heavy atom. The summed E-state index contributed by atoms with van der Waals surface area (Å²) in [7, 11) is 2.03. The molecular weight excluding hydrogens is 252 g/mol. The second kappa shape index (κ2) is 6.46. The van der Waals surface area contributed by atoms with Crippen LogP contribution in [0.5, 0.6) is 11.5 Å². The molecular formula is C16H24N2O2. The quantitative estimate of drug-likeness (QED) is 0.914. The molecule has 0 spiro atoms. The third kappa shape index (κ3) is 3.07. The normalized spacial score (nSPS) is 20.6. The third-order valence-corrected chi connectivity index (χ3v) is 4.16. The molecule has 2 aliphatic rings. The molecule has 1 aromatic carbocycles. The highest BCUT2D eigenvalue weighted by molar-refractivity contribution is 5.44. The van der Waals surface area contributed by atoms with Gasteiger partial charge < -0.3 is 19.7 Å². The molecule has 110 valence electrons. The van der Waals surface area contributed by atoms with Crippen molar-refractivity contribution in [3.8, 4) is 11.5 Å². The number of benzene rings is 1. The summed E-state index contributed by atoms with van der Waals surface area (Å²) in [5.41, 5.74) is 1.28. The number of likely N-dealkylation sites (tertiary alicyclic amines) is 1. The van der Waals surface area contributed by atoms with Gasteiger partial charge in [0.2, 0.25) is 0 Å². The molecule has 1 N–H and O–H groups in total. The molecule has 1 aromatic rings. The van der Waals surface area contributed by atoms with Crippen LogP contribution in [-0.4, -0.2) is 44.8 Å². The van der Waals surface area contributed by atoms with Gasteiger partial charge in [0.25, 0.3) is 0 Å². The van der Waals surface area contributed by atoms with E-state index in [1.54, 1.807) is 0 Å². The van der Waals surface area contributed by atoms with Crippen LogP contribution in [0.3, 0.4) is 0 Å². The van der Waals surface area contributed by atoms with Crippen LogP contribution < -0.4 is 14.8 Å². The van der Waals surface area contributed by atoms with Gasteiger partial charge in [0.15, 0.2) is 11.5 Å². The van der Waals surface area contributed by atoms with Gasteiger partial charge in [0.1, 0.15) is 0 Å². The minimum absolute atomic E-state index is 0.352. The van der Waals surface area contributed by atoms with Gasteiger partial charge in [-0.3, -0.25) is 0 Å². The molecule has 1 unspecified atom stereocenters. The van der Waals surface area contributed by atoms with E-state index >= 15 is 0 Å². The molecule has 0 amide bonds. The van der Waals surface area contributed by atoms with Gasteiger partial charge in [0.05, 0.1) is 13.2 Å². The second-order valence-corrected chi connectivity index (χ2v) is 5.61. The van der Waals surface area contributed by atoms with Crippen molar-refractivity contribution in [1.29, 1.82) is 0 Å². The van der Waals surface area contributed by atoms with Crippen molar-refractivity contribution in [2.75, 3.05) is 39.9 Å². The molecule has 2 aliphatic heterocycles. The van der Waals surface area contributed by atoms with E-state index < -0.39 is 0 Å². The Morgan fingerprint density at radius 1 is 1.10 bits per heavy atom. The SMILES string of the molecule is CNC(CN1CCCC1)c1ccc2c(c1)OCCCO2. The standard InChI is InChI=1S/C16H24N2O2/c1-17-14(12-18-7-2-3-8-18)13-5-6-15-16(11-13)20-10-4-9-19-15/h5-6,11,14,17H,2-4,7-10,12H2,1H3. The highest BCUT2D eigenvalue weighted by atomic mass is 16.5. The number of hydrogen-bond acceptors (Lipinski definition) is 4. The minimum Gasteiger partial charge on any atom is -0.490 e. The molecule has 1 fully saturated rings. The van der Waals surface area contributed by atoms with E-state index in [-0.39, 0.29) is 0 Å². The van der Waals surface area contributed by atoms with E-state index in [2.05, 4.69) is 22.3 Å². The Kier molecular flexibility index (Phi) is 4.43. The lowest BCUT2D eigenvalue weighted by Crippen LogP contribution is -2.31. The maximum atomic E-state index is 5.79. The Morgan fingerprint density at radius 3 is 2.60 bits per heavy atom. The van der Waals surface area contributed by atoms with E-state index in [0.717, 1.165) is 37.7 Å². The molecule has 0 aromatic heterocycles. The lowest BCUT2D eigenvalue weighted by molar-refractivity contribution is 0.295. The number of likely N-dealkylation sites (N-methyl/N-ethyl adjacent to an activating group) is 1. The molecule has 0 aliphatic carbocycles. The number of hydrogen-bond donors (Lipinski definition) is 1. The first-order valence-electron chi connectivity index (χ1n) is 7.66. The van der Waals surface area contributed by atoms with E-state index in [9.17, 15) is 0 Å². The predicted molar refractivity (Wildman–Crippen MR) is 79.5 cm³/mol. The van der Waals surface area contributed by atoms with Gasteiger partial charge in [0, 0.05) is 19.0 Å². The molecule has 0 bridgehead atoms. The Hall–Kier alpha value is -1.26. The van der Waals surface area contributed by atoms with Crippen molar-refractivity contribution >= 4 is 0 Å². The monoisotopic (exact) mass is 276 g/mol. The molecule has 0 saturated carbocycles. The lowest BCUT2D eigenvalue weighted by atomic mass is 10.1. The van der Waals surface area contributed by atoms with E-state index in [1.165, 1.54) is 31.5 Å². The Balaban J connectivity index is 1.75. The van der Waals surface area contributed by atoms with Crippen LogP contribution in [0.4, 0.5) is 0 Å². The zero-order chi connectivity index (χ0) is 13.8. The largest absolute Gasteiger partial charge is 0.490 e. The van der Waals surface area contributed by atoms with E-state index in [0.29, 0.717) is 6.04 Å². The molecule has 1 saturated heterocycles. The van der Waals surface area contributed by atoms with Crippen LogP contribution in [0, 0.1) is 0 Å². The van der Waals surface area contributed by atoms with Crippen molar-refractivity contribution in [3.05, 3.63) is 23.8 Å². The van der Waals surface area contributed by atoms with Gasteiger partial charge in [-0.25, -0.2) is 0 Å². The van der Waals surface area contributed by atoms with Gasteiger partial charge >= 0.3 is 0 Å². The fourth-order valence-corrected chi connectivity index (χ4v) is 2.98. The summed E-state index contributed by atoms with van der Waals surface area (Å²) >= 11 is 0. The molecule has 3 rings (SSSR count). The average Bonchev–Trinajstić information content (AvgIpc) is 2.87. The third-order valence-electron chi connectivity index (χ3n) is 4.16. The summed E-state index contributed by atoms with van der Waals surface area (Å²) < 4.78 is 11.5. The van der Waals surface area contributed by atoms with E-state index in [4.69, 9.17) is 9.47 Å².